The summed E-state index contributed by atoms with van der Waals surface area (Å²) in [5.74, 6) is 0.870. The summed E-state index contributed by atoms with van der Waals surface area (Å²) in [5, 5.41) is 4.24. The molecule has 1 aromatic rings. The molecule has 0 radical (unpaired) electrons. The normalized spacial score (nSPS) is 16.7. The molecule has 16 heavy (non-hydrogen) atoms. The number of nitrogens with one attached hydrogen (secondary N) is 1. The van der Waals surface area contributed by atoms with Gasteiger partial charge in [0.25, 0.3) is 0 Å². The number of aromatic nitrogens is 2. The van der Waals surface area contributed by atoms with Crippen LogP contribution in [0.4, 0.5) is 0 Å². The lowest BCUT2D eigenvalue weighted by atomic mass is 10.2. The first-order valence-corrected chi connectivity index (χ1v) is 6.70. The number of likely N-dealkylation sites (N-methyl/N-ethyl adjacent to an activating group) is 1. The lowest BCUT2D eigenvalue weighted by molar-refractivity contribution is 0.349. The molecule has 2 heterocycles. The predicted molar refractivity (Wildman–Crippen MR) is 69.4 cm³/mol. The molecule has 0 saturated heterocycles. The molecule has 6 heteroatoms. The van der Waals surface area contributed by atoms with Gasteiger partial charge >= 0.3 is 0 Å². The molecule has 0 unspecified atom stereocenters. The van der Waals surface area contributed by atoms with Crippen molar-refractivity contribution in [2.45, 2.75) is 5.03 Å². The lowest BCUT2D eigenvalue weighted by Crippen LogP contribution is -2.34. The molecule has 4 nitrogen and oxygen atoms in total. The Balaban J connectivity index is 2.16. The van der Waals surface area contributed by atoms with Crippen LogP contribution in [0.3, 0.4) is 0 Å². The van der Waals surface area contributed by atoms with Crippen LogP contribution >= 0.6 is 23.5 Å². The van der Waals surface area contributed by atoms with Crippen molar-refractivity contribution in [1.29, 1.82) is 0 Å². The quantitative estimate of drug-likeness (QED) is 0.653. The first-order valence-electron chi connectivity index (χ1n) is 4.99. The number of hydrogen-bond donors (Lipinski definition) is 1. The molecule has 0 spiro atoms. The zero-order valence-electron chi connectivity index (χ0n) is 9.14. The van der Waals surface area contributed by atoms with Crippen molar-refractivity contribution < 1.29 is 0 Å². The van der Waals surface area contributed by atoms with Crippen LogP contribution in [0.15, 0.2) is 23.9 Å². The lowest BCUT2D eigenvalue weighted by Gasteiger charge is -2.23. The summed E-state index contributed by atoms with van der Waals surface area (Å²) < 4.78 is 8.68. The Morgan fingerprint density at radius 2 is 2.56 bits per heavy atom. The van der Waals surface area contributed by atoms with E-state index >= 15 is 0 Å². The van der Waals surface area contributed by atoms with E-state index in [0.717, 1.165) is 29.7 Å². The first kappa shape index (κ1) is 11.6. The van der Waals surface area contributed by atoms with Crippen LogP contribution < -0.4 is 5.32 Å². The topological polar surface area (TPSA) is 41.1 Å². The Bertz CT molecular complexity index is 399. The second-order valence-electron chi connectivity index (χ2n) is 3.56. The van der Waals surface area contributed by atoms with E-state index in [1.165, 1.54) is 17.3 Å². The average molecular weight is 254 g/mol. The summed E-state index contributed by atoms with van der Waals surface area (Å²) in [6.45, 7) is 5.52. The van der Waals surface area contributed by atoms with Crippen molar-refractivity contribution in [1.82, 2.24) is 19.0 Å². The fourth-order valence-electron chi connectivity index (χ4n) is 1.47. The summed E-state index contributed by atoms with van der Waals surface area (Å²) in [6, 6.07) is 0. The van der Waals surface area contributed by atoms with Crippen molar-refractivity contribution in [3.8, 4) is 0 Å². The van der Waals surface area contributed by atoms with Crippen LogP contribution in [0.5, 0.6) is 0 Å². The molecule has 0 atom stereocenters. The second kappa shape index (κ2) is 5.47. The van der Waals surface area contributed by atoms with Gasteiger partial charge in [0.05, 0.1) is 18.4 Å². The molecule has 1 aliphatic heterocycles. The van der Waals surface area contributed by atoms with E-state index < -0.39 is 0 Å². The van der Waals surface area contributed by atoms with Gasteiger partial charge in [-0.2, -0.15) is 8.75 Å². The minimum Gasteiger partial charge on any atom is -0.378 e. The molecule has 1 aromatic heterocycles. The average Bonchev–Trinajstić information content (AvgIpc) is 2.74. The first-order chi connectivity index (χ1) is 7.81. The minimum atomic E-state index is 0.870. The summed E-state index contributed by atoms with van der Waals surface area (Å²) in [4.78, 5) is 2.20. The van der Waals surface area contributed by atoms with Gasteiger partial charge in [0.1, 0.15) is 10.7 Å². The third-order valence-corrected chi connectivity index (χ3v) is 3.78. The van der Waals surface area contributed by atoms with Gasteiger partial charge < -0.3 is 5.32 Å². The summed E-state index contributed by atoms with van der Waals surface area (Å²) in [5.41, 5.74) is 2.21. The van der Waals surface area contributed by atoms with Gasteiger partial charge in [0, 0.05) is 24.1 Å². The number of thioether (sulfide) groups is 1. The zero-order valence-corrected chi connectivity index (χ0v) is 10.8. The van der Waals surface area contributed by atoms with Crippen LogP contribution in [0.2, 0.25) is 0 Å². The Hall–Kier alpha value is -0.850. The fraction of sp³-hybridized carbons (Fsp3) is 0.400. The van der Waals surface area contributed by atoms with Gasteiger partial charge in [-0.25, -0.2) is 0 Å². The van der Waals surface area contributed by atoms with E-state index in [1.54, 1.807) is 11.8 Å². The van der Waals surface area contributed by atoms with Crippen molar-refractivity contribution in [3.05, 3.63) is 24.5 Å². The molecule has 0 aliphatic carbocycles. The standard InChI is InChI=1S/C10H14N4S2/c1-3-4-15-10-9(12-16-13-10)8-5-11-7-14(2)6-8/h3,5,11H,1,4,6-7H2,2H3. The van der Waals surface area contributed by atoms with Crippen molar-refractivity contribution in [2.75, 3.05) is 26.0 Å². The highest BCUT2D eigenvalue weighted by molar-refractivity contribution is 7.99. The monoisotopic (exact) mass is 254 g/mol. The molecule has 2 rings (SSSR count). The van der Waals surface area contributed by atoms with Crippen LogP contribution in [-0.2, 0) is 0 Å². The van der Waals surface area contributed by atoms with E-state index in [0.29, 0.717) is 0 Å². The molecule has 1 aliphatic rings. The summed E-state index contributed by atoms with van der Waals surface area (Å²) in [6.07, 6.45) is 3.92. The van der Waals surface area contributed by atoms with Gasteiger partial charge in [0.2, 0.25) is 0 Å². The maximum Gasteiger partial charge on any atom is 0.138 e. The smallest absolute Gasteiger partial charge is 0.138 e. The van der Waals surface area contributed by atoms with Crippen LogP contribution in [0.25, 0.3) is 5.57 Å². The number of hydrogen-bond acceptors (Lipinski definition) is 6. The van der Waals surface area contributed by atoms with Gasteiger partial charge in [-0.1, -0.05) is 17.8 Å². The molecule has 0 bridgehead atoms. The molecule has 0 amide bonds. The van der Waals surface area contributed by atoms with Gasteiger partial charge in [-0.05, 0) is 7.05 Å². The van der Waals surface area contributed by atoms with Crippen molar-refractivity contribution in [3.63, 3.8) is 0 Å². The Labute approximate surface area is 104 Å². The zero-order chi connectivity index (χ0) is 11.4. The van der Waals surface area contributed by atoms with Crippen LogP contribution in [0, 0.1) is 0 Å². The van der Waals surface area contributed by atoms with Crippen LogP contribution in [0.1, 0.15) is 5.69 Å². The Morgan fingerprint density at radius 1 is 1.69 bits per heavy atom. The molecule has 1 N–H and O–H groups in total. The molecule has 86 valence electrons. The fourth-order valence-corrected chi connectivity index (χ4v) is 2.91. The van der Waals surface area contributed by atoms with Crippen molar-refractivity contribution in [2.24, 2.45) is 0 Å². The minimum absolute atomic E-state index is 0.870. The van der Waals surface area contributed by atoms with Gasteiger partial charge in [-0.3, -0.25) is 4.90 Å². The maximum atomic E-state index is 4.37. The maximum absolute atomic E-state index is 4.37. The van der Waals surface area contributed by atoms with E-state index in [9.17, 15) is 0 Å². The predicted octanol–water partition coefficient (Wildman–Crippen LogP) is 1.65. The van der Waals surface area contributed by atoms with Gasteiger partial charge in [0.15, 0.2) is 0 Å². The van der Waals surface area contributed by atoms with Crippen LogP contribution in [-0.4, -0.2) is 39.7 Å². The van der Waals surface area contributed by atoms with E-state index in [-0.39, 0.29) is 0 Å². The van der Waals surface area contributed by atoms with E-state index in [1.807, 2.05) is 12.3 Å². The largest absolute Gasteiger partial charge is 0.378 e. The third kappa shape index (κ3) is 2.63. The summed E-state index contributed by atoms with van der Waals surface area (Å²) in [7, 11) is 2.08. The molecule has 0 aromatic carbocycles. The number of nitrogens with zero attached hydrogens (tertiary/aromatic N) is 3. The molecular formula is C10H14N4S2. The SMILES string of the molecule is C=CCSc1nsnc1C1=CNCN(C)C1. The third-order valence-electron chi connectivity index (χ3n) is 2.18. The Morgan fingerprint density at radius 3 is 3.31 bits per heavy atom. The number of rotatable bonds is 4. The molecule has 0 saturated carbocycles. The van der Waals surface area contributed by atoms with E-state index in [4.69, 9.17) is 0 Å². The molecular weight excluding hydrogens is 240 g/mol. The summed E-state index contributed by atoms with van der Waals surface area (Å²) >= 11 is 2.95. The van der Waals surface area contributed by atoms with Gasteiger partial charge in [-0.15, -0.1) is 6.58 Å². The van der Waals surface area contributed by atoms with E-state index in [2.05, 4.69) is 32.6 Å². The highest BCUT2D eigenvalue weighted by Crippen LogP contribution is 2.27. The highest BCUT2D eigenvalue weighted by atomic mass is 32.2. The second-order valence-corrected chi connectivity index (χ2v) is 5.10. The Kier molecular flexibility index (Phi) is 3.98. The van der Waals surface area contributed by atoms with Crippen molar-refractivity contribution >= 4 is 29.1 Å². The highest BCUT2D eigenvalue weighted by Gasteiger charge is 2.17. The molecule has 0 fully saturated rings.